The Labute approximate surface area is 108 Å². The molecular formula is C13H17NO3S. The van der Waals surface area contributed by atoms with Gasteiger partial charge in [-0.1, -0.05) is 26.0 Å². The van der Waals surface area contributed by atoms with E-state index in [4.69, 9.17) is 0 Å². The van der Waals surface area contributed by atoms with Crippen LogP contribution < -0.4 is 0 Å². The highest BCUT2D eigenvalue weighted by atomic mass is 32.2. The predicted octanol–water partition coefficient (Wildman–Crippen LogP) is 1.77. The first-order valence-electron chi connectivity index (χ1n) is 6.03. The van der Waals surface area contributed by atoms with Gasteiger partial charge in [0.25, 0.3) is 0 Å². The van der Waals surface area contributed by atoms with Gasteiger partial charge in [0.2, 0.25) is 10.0 Å². The number of ketones is 1. The Morgan fingerprint density at radius 3 is 2.22 bits per heavy atom. The van der Waals surface area contributed by atoms with Crippen LogP contribution in [0.4, 0.5) is 0 Å². The molecule has 0 aliphatic carbocycles. The Morgan fingerprint density at radius 1 is 1.17 bits per heavy atom. The van der Waals surface area contributed by atoms with Crippen LogP contribution in [0.25, 0.3) is 0 Å². The number of benzene rings is 1. The zero-order valence-electron chi connectivity index (χ0n) is 10.6. The molecule has 1 heterocycles. The van der Waals surface area contributed by atoms with Crippen LogP contribution >= 0.6 is 0 Å². The third-order valence-electron chi connectivity index (χ3n) is 3.18. The maximum Gasteiger partial charge on any atom is 0.243 e. The van der Waals surface area contributed by atoms with E-state index in [2.05, 4.69) is 13.8 Å². The topological polar surface area (TPSA) is 54.5 Å². The Kier molecular flexibility index (Phi) is 3.54. The second-order valence-electron chi connectivity index (χ2n) is 4.85. The minimum atomic E-state index is -3.50. The number of carbonyl (C=O) groups excluding carboxylic acids is 1. The highest BCUT2D eigenvalue weighted by molar-refractivity contribution is 7.89. The molecule has 4 nitrogen and oxygen atoms in total. The number of carbonyl (C=O) groups is 1. The molecule has 5 heteroatoms. The fraction of sp³-hybridized carbons (Fsp3) is 0.462. The molecule has 0 unspecified atom stereocenters. The zero-order valence-corrected chi connectivity index (χ0v) is 11.4. The molecule has 0 saturated carbocycles. The van der Waals surface area contributed by atoms with Crippen LogP contribution in [0.15, 0.2) is 29.2 Å². The second kappa shape index (κ2) is 4.82. The molecule has 1 saturated heterocycles. The highest BCUT2D eigenvalue weighted by Gasteiger charge is 2.31. The van der Waals surface area contributed by atoms with Gasteiger partial charge in [0, 0.05) is 13.0 Å². The Bertz CT molecular complexity index is 546. The van der Waals surface area contributed by atoms with Crippen molar-refractivity contribution >= 4 is 15.8 Å². The lowest BCUT2D eigenvalue weighted by atomic mass is 10.0. The summed E-state index contributed by atoms with van der Waals surface area (Å²) in [4.78, 5) is 11.4. The van der Waals surface area contributed by atoms with Crippen LogP contribution in [0, 0.1) is 0 Å². The predicted molar refractivity (Wildman–Crippen MR) is 68.9 cm³/mol. The van der Waals surface area contributed by atoms with Gasteiger partial charge in [-0.25, -0.2) is 8.42 Å². The van der Waals surface area contributed by atoms with Gasteiger partial charge in [-0.15, -0.1) is 0 Å². The summed E-state index contributed by atoms with van der Waals surface area (Å²) < 4.78 is 25.7. The third kappa shape index (κ3) is 2.47. The molecule has 1 aromatic carbocycles. The van der Waals surface area contributed by atoms with Crippen LogP contribution in [-0.2, 0) is 14.8 Å². The summed E-state index contributed by atoms with van der Waals surface area (Å²) in [5.41, 5.74) is 1.10. The summed E-state index contributed by atoms with van der Waals surface area (Å²) in [7, 11) is -3.50. The lowest BCUT2D eigenvalue weighted by molar-refractivity contribution is -0.116. The van der Waals surface area contributed by atoms with Crippen LogP contribution in [0.5, 0.6) is 0 Å². The molecule has 1 aromatic rings. The maximum atomic E-state index is 12.2. The van der Waals surface area contributed by atoms with Crippen LogP contribution in [0.2, 0.25) is 0 Å². The quantitative estimate of drug-likeness (QED) is 0.838. The van der Waals surface area contributed by atoms with E-state index in [1.54, 1.807) is 12.1 Å². The van der Waals surface area contributed by atoms with Crippen LogP contribution in [0.1, 0.15) is 31.7 Å². The monoisotopic (exact) mass is 267 g/mol. The van der Waals surface area contributed by atoms with Gasteiger partial charge in [0.1, 0.15) is 5.78 Å². The summed E-state index contributed by atoms with van der Waals surface area (Å²) in [6.07, 6.45) is 0.323. The molecule has 1 aliphatic heterocycles. The molecule has 0 amide bonds. The fourth-order valence-corrected chi connectivity index (χ4v) is 3.41. The standard InChI is InChI=1S/C13H17NO3S/c1-10(2)11-3-5-13(6-4-11)18(16,17)14-8-7-12(15)9-14/h3-6,10H,7-9H2,1-2H3. The Morgan fingerprint density at radius 2 is 1.78 bits per heavy atom. The number of Topliss-reactive ketones (excluding diaryl/α,β-unsaturated/α-hetero) is 1. The first-order valence-corrected chi connectivity index (χ1v) is 7.47. The Hall–Kier alpha value is -1.20. The van der Waals surface area contributed by atoms with E-state index >= 15 is 0 Å². The molecule has 1 fully saturated rings. The van der Waals surface area contributed by atoms with Crippen molar-refractivity contribution in [2.75, 3.05) is 13.1 Å². The molecule has 1 aliphatic rings. The molecular weight excluding hydrogens is 250 g/mol. The molecule has 18 heavy (non-hydrogen) atoms. The van der Waals surface area contributed by atoms with E-state index in [1.165, 1.54) is 4.31 Å². The van der Waals surface area contributed by atoms with E-state index in [0.717, 1.165) is 5.56 Å². The summed E-state index contributed by atoms with van der Waals surface area (Å²) in [6.45, 7) is 4.42. The van der Waals surface area contributed by atoms with E-state index in [9.17, 15) is 13.2 Å². The van der Waals surface area contributed by atoms with Crippen LogP contribution in [-0.4, -0.2) is 31.6 Å². The van der Waals surface area contributed by atoms with Gasteiger partial charge in [0.15, 0.2) is 0 Å². The number of hydrogen-bond acceptors (Lipinski definition) is 3. The average molecular weight is 267 g/mol. The van der Waals surface area contributed by atoms with E-state index < -0.39 is 10.0 Å². The molecule has 0 atom stereocenters. The summed E-state index contributed by atoms with van der Waals surface area (Å²) in [5, 5.41) is 0. The van der Waals surface area contributed by atoms with Gasteiger partial charge in [-0.2, -0.15) is 4.31 Å². The minimum absolute atomic E-state index is 0.00820. The number of nitrogens with zero attached hydrogens (tertiary/aromatic N) is 1. The smallest absolute Gasteiger partial charge is 0.243 e. The number of sulfonamides is 1. The second-order valence-corrected chi connectivity index (χ2v) is 6.79. The van der Waals surface area contributed by atoms with Gasteiger partial charge in [0.05, 0.1) is 11.4 Å². The van der Waals surface area contributed by atoms with E-state index in [0.29, 0.717) is 18.9 Å². The fourth-order valence-electron chi connectivity index (χ4n) is 1.98. The first-order chi connectivity index (χ1) is 8.41. The Balaban J connectivity index is 2.27. The van der Waals surface area contributed by atoms with Crippen molar-refractivity contribution < 1.29 is 13.2 Å². The highest BCUT2D eigenvalue weighted by Crippen LogP contribution is 2.22. The molecule has 0 spiro atoms. The zero-order chi connectivity index (χ0) is 13.3. The van der Waals surface area contributed by atoms with Crippen LogP contribution in [0.3, 0.4) is 0 Å². The summed E-state index contributed by atoms with van der Waals surface area (Å²) in [6, 6.07) is 6.89. The van der Waals surface area contributed by atoms with Crippen molar-refractivity contribution in [3.8, 4) is 0 Å². The molecule has 0 aromatic heterocycles. The van der Waals surface area contributed by atoms with Crippen molar-refractivity contribution in [2.24, 2.45) is 0 Å². The number of rotatable bonds is 3. The lowest BCUT2D eigenvalue weighted by Crippen LogP contribution is -2.28. The summed E-state index contributed by atoms with van der Waals surface area (Å²) in [5.74, 6) is 0.354. The summed E-state index contributed by atoms with van der Waals surface area (Å²) >= 11 is 0. The molecule has 0 bridgehead atoms. The largest absolute Gasteiger partial charge is 0.298 e. The molecule has 0 radical (unpaired) electrons. The van der Waals surface area contributed by atoms with E-state index in [-0.39, 0.29) is 17.2 Å². The van der Waals surface area contributed by atoms with Crippen molar-refractivity contribution in [1.82, 2.24) is 4.31 Å². The van der Waals surface area contributed by atoms with Gasteiger partial charge >= 0.3 is 0 Å². The average Bonchev–Trinajstić information content (AvgIpc) is 2.76. The lowest BCUT2D eigenvalue weighted by Gasteiger charge is -2.15. The van der Waals surface area contributed by atoms with Gasteiger partial charge in [-0.05, 0) is 23.6 Å². The van der Waals surface area contributed by atoms with Gasteiger partial charge < -0.3 is 0 Å². The SMILES string of the molecule is CC(C)c1ccc(S(=O)(=O)N2CCC(=O)C2)cc1. The minimum Gasteiger partial charge on any atom is -0.298 e. The normalized spacial score (nSPS) is 17.6. The van der Waals surface area contributed by atoms with Gasteiger partial charge in [-0.3, -0.25) is 4.79 Å². The van der Waals surface area contributed by atoms with Crippen molar-refractivity contribution in [3.05, 3.63) is 29.8 Å². The molecule has 0 N–H and O–H groups in total. The third-order valence-corrected chi connectivity index (χ3v) is 5.04. The molecule has 2 rings (SSSR count). The maximum absolute atomic E-state index is 12.2. The molecule has 98 valence electrons. The van der Waals surface area contributed by atoms with Crippen molar-refractivity contribution in [2.45, 2.75) is 31.1 Å². The first kappa shape index (κ1) is 13.2. The number of hydrogen-bond donors (Lipinski definition) is 0. The van der Waals surface area contributed by atoms with E-state index in [1.807, 2.05) is 12.1 Å². The van der Waals surface area contributed by atoms with Crippen molar-refractivity contribution in [1.29, 1.82) is 0 Å². The van der Waals surface area contributed by atoms with Crippen molar-refractivity contribution in [3.63, 3.8) is 0 Å².